The molecule has 1 nitrogen and oxygen atoms in total. The molecule has 0 aliphatic carbocycles. The quantitative estimate of drug-likeness (QED) is 0.868. The molecule has 0 spiro atoms. The fourth-order valence-corrected chi connectivity index (χ4v) is 2.93. The van der Waals surface area contributed by atoms with Gasteiger partial charge in [-0.1, -0.05) is 51.8 Å². The van der Waals surface area contributed by atoms with Crippen LogP contribution in [0.3, 0.4) is 0 Å². The summed E-state index contributed by atoms with van der Waals surface area (Å²) >= 11 is 9.60. The standard InChI is InChI=1S/C15H14BrClFN/c16-14-4-2-1-3-13(14)11(9-19)7-10-5-6-12(18)8-15(10)17/h1-6,8,11H,7,9,19H2. The highest BCUT2D eigenvalue weighted by Gasteiger charge is 2.15. The van der Waals surface area contributed by atoms with Gasteiger partial charge in [-0.05, 0) is 42.3 Å². The maximum absolute atomic E-state index is 13.0. The molecule has 0 aliphatic rings. The Kier molecular flexibility index (Phi) is 4.97. The number of benzene rings is 2. The normalized spacial score (nSPS) is 12.4. The van der Waals surface area contributed by atoms with Crippen LogP contribution in [0.2, 0.25) is 5.02 Å². The Hall–Kier alpha value is -0.900. The first-order chi connectivity index (χ1) is 9.11. The average molecular weight is 343 g/mol. The molecule has 2 aromatic carbocycles. The summed E-state index contributed by atoms with van der Waals surface area (Å²) in [5.41, 5.74) is 7.92. The van der Waals surface area contributed by atoms with Crippen LogP contribution in [0, 0.1) is 5.82 Å². The van der Waals surface area contributed by atoms with Crippen LogP contribution in [0.15, 0.2) is 46.9 Å². The predicted octanol–water partition coefficient (Wildman–Crippen LogP) is 4.53. The van der Waals surface area contributed by atoms with Gasteiger partial charge in [0.05, 0.1) is 0 Å². The summed E-state index contributed by atoms with van der Waals surface area (Å²) < 4.78 is 14.1. The second-order valence-corrected chi connectivity index (χ2v) is 5.66. The van der Waals surface area contributed by atoms with Crippen molar-refractivity contribution in [2.45, 2.75) is 12.3 Å². The lowest BCUT2D eigenvalue weighted by Crippen LogP contribution is -2.15. The van der Waals surface area contributed by atoms with Crippen LogP contribution in [0.5, 0.6) is 0 Å². The molecular formula is C15H14BrClFN. The molecule has 1 atom stereocenters. The first-order valence-corrected chi connectivity index (χ1v) is 7.17. The minimum atomic E-state index is -0.320. The lowest BCUT2D eigenvalue weighted by molar-refractivity contribution is 0.625. The van der Waals surface area contributed by atoms with Crippen molar-refractivity contribution in [2.24, 2.45) is 5.73 Å². The van der Waals surface area contributed by atoms with Crippen LogP contribution >= 0.6 is 27.5 Å². The van der Waals surface area contributed by atoms with Gasteiger partial charge >= 0.3 is 0 Å². The van der Waals surface area contributed by atoms with E-state index in [0.717, 1.165) is 15.6 Å². The van der Waals surface area contributed by atoms with E-state index < -0.39 is 0 Å². The highest BCUT2D eigenvalue weighted by atomic mass is 79.9. The molecule has 2 N–H and O–H groups in total. The lowest BCUT2D eigenvalue weighted by Gasteiger charge is -2.17. The van der Waals surface area contributed by atoms with E-state index >= 15 is 0 Å². The zero-order chi connectivity index (χ0) is 13.8. The van der Waals surface area contributed by atoms with E-state index in [1.165, 1.54) is 12.1 Å². The Morgan fingerprint density at radius 2 is 1.95 bits per heavy atom. The molecule has 100 valence electrons. The zero-order valence-corrected chi connectivity index (χ0v) is 12.6. The van der Waals surface area contributed by atoms with Gasteiger partial charge in [-0.25, -0.2) is 4.39 Å². The maximum Gasteiger partial charge on any atom is 0.124 e. The summed E-state index contributed by atoms with van der Waals surface area (Å²) in [5, 5.41) is 0.450. The molecule has 0 radical (unpaired) electrons. The van der Waals surface area contributed by atoms with Gasteiger partial charge in [-0.3, -0.25) is 0 Å². The molecule has 0 aliphatic heterocycles. The largest absolute Gasteiger partial charge is 0.330 e. The van der Waals surface area contributed by atoms with Crippen LogP contribution in [0.25, 0.3) is 0 Å². The van der Waals surface area contributed by atoms with Gasteiger partial charge < -0.3 is 5.73 Å². The SMILES string of the molecule is NCC(Cc1ccc(F)cc1Cl)c1ccccc1Br. The number of hydrogen-bond acceptors (Lipinski definition) is 1. The van der Waals surface area contributed by atoms with Crippen molar-refractivity contribution in [2.75, 3.05) is 6.54 Å². The van der Waals surface area contributed by atoms with Gasteiger partial charge in [0.15, 0.2) is 0 Å². The summed E-state index contributed by atoms with van der Waals surface area (Å²) in [7, 11) is 0. The Morgan fingerprint density at radius 3 is 2.58 bits per heavy atom. The first-order valence-electron chi connectivity index (χ1n) is 6.00. The number of hydrogen-bond donors (Lipinski definition) is 1. The minimum absolute atomic E-state index is 0.151. The van der Waals surface area contributed by atoms with Crippen molar-refractivity contribution < 1.29 is 4.39 Å². The topological polar surface area (TPSA) is 26.0 Å². The molecule has 19 heavy (non-hydrogen) atoms. The third-order valence-corrected chi connectivity index (χ3v) is 4.19. The van der Waals surface area contributed by atoms with E-state index in [0.29, 0.717) is 18.0 Å². The van der Waals surface area contributed by atoms with Crippen molar-refractivity contribution >= 4 is 27.5 Å². The Labute approximate surface area is 125 Å². The van der Waals surface area contributed by atoms with Crippen molar-refractivity contribution in [3.05, 3.63) is 68.9 Å². The van der Waals surface area contributed by atoms with Gasteiger partial charge in [0.2, 0.25) is 0 Å². The van der Waals surface area contributed by atoms with Crippen molar-refractivity contribution in [1.29, 1.82) is 0 Å². The lowest BCUT2D eigenvalue weighted by atomic mass is 9.92. The molecule has 4 heteroatoms. The van der Waals surface area contributed by atoms with Crippen LogP contribution in [-0.4, -0.2) is 6.54 Å². The van der Waals surface area contributed by atoms with Crippen molar-refractivity contribution in [1.82, 2.24) is 0 Å². The van der Waals surface area contributed by atoms with Crippen LogP contribution in [0.4, 0.5) is 4.39 Å². The van der Waals surface area contributed by atoms with Gasteiger partial charge in [0.25, 0.3) is 0 Å². The highest BCUT2D eigenvalue weighted by Crippen LogP contribution is 2.29. The Morgan fingerprint density at radius 1 is 1.21 bits per heavy atom. The first kappa shape index (κ1) is 14.5. The molecule has 0 amide bonds. The number of halogens is 3. The minimum Gasteiger partial charge on any atom is -0.330 e. The third kappa shape index (κ3) is 3.56. The van der Waals surface area contributed by atoms with Crippen LogP contribution in [-0.2, 0) is 6.42 Å². The van der Waals surface area contributed by atoms with E-state index in [-0.39, 0.29) is 11.7 Å². The summed E-state index contributed by atoms with van der Waals surface area (Å²) in [5.74, 6) is -0.169. The van der Waals surface area contributed by atoms with Crippen LogP contribution in [0.1, 0.15) is 17.0 Å². The number of rotatable bonds is 4. The molecule has 0 saturated carbocycles. The molecule has 0 fully saturated rings. The van der Waals surface area contributed by atoms with Crippen molar-refractivity contribution in [3.63, 3.8) is 0 Å². The van der Waals surface area contributed by atoms with Gasteiger partial charge in [0, 0.05) is 15.4 Å². The number of nitrogens with two attached hydrogens (primary N) is 1. The fraction of sp³-hybridized carbons (Fsp3) is 0.200. The molecule has 0 saturated heterocycles. The second-order valence-electron chi connectivity index (χ2n) is 4.39. The Bertz CT molecular complexity index is 574. The average Bonchev–Trinajstić information content (AvgIpc) is 2.39. The van der Waals surface area contributed by atoms with E-state index in [2.05, 4.69) is 15.9 Å². The monoisotopic (exact) mass is 341 g/mol. The molecule has 1 unspecified atom stereocenters. The smallest absolute Gasteiger partial charge is 0.124 e. The van der Waals surface area contributed by atoms with E-state index in [1.54, 1.807) is 6.07 Å². The maximum atomic E-state index is 13.0. The summed E-state index contributed by atoms with van der Waals surface area (Å²) in [6.07, 6.45) is 0.693. The molecule has 0 aromatic heterocycles. The molecule has 0 bridgehead atoms. The predicted molar refractivity (Wildman–Crippen MR) is 81.1 cm³/mol. The highest BCUT2D eigenvalue weighted by molar-refractivity contribution is 9.10. The van der Waals surface area contributed by atoms with Gasteiger partial charge in [-0.2, -0.15) is 0 Å². The Balaban J connectivity index is 2.27. The van der Waals surface area contributed by atoms with E-state index in [1.807, 2.05) is 24.3 Å². The third-order valence-electron chi connectivity index (χ3n) is 3.11. The molecule has 2 rings (SSSR count). The van der Waals surface area contributed by atoms with Gasteiger partial charge in [0.1, 0.15) is 5.82 Å². The van der Waals surface area contributed by atoms with E-state index in [4.69, 9.17) is 17.3 Å². The second kappa shape index (κ2) is 6.51. The summed E-state index contributed by atoms with van der Waals surface area (Å²) in [6.45, 7) is 0.510. The summed E-state index contributed by atoms with van der Waals surface area (Å²) in [6, 6.07) is 12.5. The van der Waals surface area contributed by atoms with E-state index in [9.17, 15) is 4.39 Å². The summed E-state index contributed by atoms with van der Waals surface area (Å²) in [4.78, 5) is 0. The van der Waals surface area contributed by atoms with Crippen molar-refractivity contribution in [3.8, 4) is 0 Å². The zero-order valence-electron chi connectivity index (χ0n) is 10.2. The molecule has 0 heterocycles. The fourth-order valence-electron chi connectivity index (χ4n) is 2.08. The van der Waals surface area contributed by atoms with Crippen LogP contribution < -0.4 is 5.73 Å². The molecule has 2 aromatic rings. The van der Waals surface area contributed by atoms with Gasteiger partial charge in [-0.15, -0.1) is 0 Å². The molecular weight excluding hydrogens is 329 g/mol.